The SMILES string of the molecule is [Ca+2].[Cr].[F][Al]([F])[F].[H-].[H-].[H-].[H-].[Sr+2]. The van der Waals surface area contributed by atoms with Crippen LogP contribution in [0.25, 0.3) is 0 Å². The molecule has 0 bridgehead atoms. The fourth-order valence-electron chi connectivity index (χ4n) is 0. The quantitative estimate of drug-likeness (QED) is 0.563. The minimum atomic E-state index is -4.64. The Balaban J connectivity index is -0.00000000214. The molecule has 0 heterocycles. The summed E-state index contributed by atoms with van der Waals surface area (Å²) in [4.78, 5) is 0. The zero-order chi connectivity index (χ0) is 3.58. The molecule has 0 radical (unpaired) electrons. The summed E-state index contributed by atoms with van der Waals surface area (Å²) in [5.41, 5.74) is 0. The Kier molecular flexibility index (Phi) is 52.2. The fourth-order valence-corrected chi connectivity index (χ4v) is 0. The van der Waals surface area contributed by atoms with Gasteiger partial charge in [0.25, 0.3) is 0 Å². The summed E-state index contributed by atoms with van der Waals surface area (Å²) >= 11 is -4.64. The van der Waals surface area contributed by atoms with E-state index in [4.69, 9.17) is 0 Å². The van der Waals surface area contributed by atoms with E-state index >= 15 is 0 Å². The molecule has 0 aliphatic carbocycles. The van der Waals surface area contributed by atoms with Gasteiger partial charge < -0.3 is 16.3 Å². The van der Waals surface area contributed by atoms with Crippen LogP contribution in [0.5, 0.6) is 0 Å². The molecule has 0 saturated heterocycles. The van der Waals surface area contributed by atoms with Crippen LogP contribution in [0, 0.1) is 0 Å². The topological polar surface area (TPSA) is 0 Å². The largest absolute Gasteiger partial charge is 2.00 e. The van der Waals surface area contributed by atoms with E-state index in [1.807, 2.05) is 0 Å². The summed E-state index contributed by atoms with van der Waals surface area (Å²) in [6.07, 6.45) is 0. The Labute approximate surface area is 129 Å². The van der Waals surface area contributed by atoms with Crippen LogP contribution in [0.4, 0.5) is 10.6 Å². The van der Waals surface area contributed by atoms with Crippen LogP contribution in [0.3, 0.4) is 0 Å². The maximum absolute atomic E-state index is 9.81. The number of hydrogen-bond donors (Lipinski definition) is 0. The maximum Gasteiger partial charge on any atom is 2.00 e. The molecular weight excluding hydrogens is 264 g/mol. The van der Waals surface area contributed by atoms with Crippen LogP contribution in [-0.4, -0.2) is 98.7 Å². The fraction of sp³-hybridized carbons (Fsp3) is 0. The van der Waals surface area contributed by atoms with Gasteiger partial charge in [-0.1, -0.05) is 0 Å². The number of rotatable bonds is 0. The van der Waals surface area contributed by atoms with E-state index in [2.05, 4.69) is 0 Å². The van der Waals surface area contributed by atoms with Crippen molar-refractivity contribution < 1.29 is 33.6 Å². The van der Waals surface area contributed by atoms with E-state index in [9.17, 15) is 10.6 Å². The van der Waals surface area contributed by atoms with Crippen molar-refractivity contribution in [3.8, 4) is 0 Å². The van der Waals surface area contributed by atoms with Gasteiger partial charge in [-0.25, -0.2) is 0 Å². The third-order valence-corrected chi connectivity index (χ3v) is 0. The Bertz CT molecular complexity index is 30.1. The second-order valence-corrected chi connectivity index (χ2v) is 0.742. The van der Waals surface area contributed by atoms with Crippen molar-refractivity contribution in [1.29, 1.82) is 0 Å². The van der Waals surface area contributed by atoms with Crippen molar-refractivity contribution in [2.75, 3.05) is 0 Å². The summed E-state index contributed by atoms with van der Waals surface area (Å²) in [5, 5.41) is 0. The molecule has 0 nitrogen and oxygen atoms in total. The summed E-state index contributed by atoms with van der Waals surface area (Å²) in [7, 11) is 0. The van der Waals surface area contributed by atoms with Crippen molar-refractivity contribution >= 4 is 98.7 Å². The molecule has 0 atom stereocenters. The molecule has 0 N–H and O–H groups in total. The summed E-state index contributed by atoms with van der Waals surface area (Å²) in [6, 6.07) is 0. The van der Waals surface area contributed by atoms with E-state index in [1.165, 1.54) is 0 Å². The normalized spacial score (nSPS) is 3.86. The standard InChI is InChI=1S/Al.Ca.Cr.3FH.Sr.4H/h;;;3*1H;;;;;/q+3;+2;;;;;+2;4*-1/p-3. The van der Waals surface area contributed by atoms with Crippen molar-refractivity contribution in [3.05, 3.63) is 0 Å². The van der Waals surface area contributed by atoms with Gasteiger partial charge in [0.2, 0.25) is 0 Å². The Morgan fingerprint density at radius 3 is 1.14 bits per heavy atom. The molecular formula is H4AlCaCrF3Sr. The third kappa shape index (κ3) is 42.8. The second kappa shape index (κ2) is 16.3. The molecule has 0 aliphatic rings. The molecule has 38 valence electrons. The predicted molar refractivity (Wildman–Crippen MR) is 25.0 cm³/mol. The van der Waals surface area contributed by atoms with Gasteiger partial charge in [0, 0.05) is 17.4 Å². The first-order chi connectivity index (χ1) is 1.73. The smallest absolute Gasteiger partial charge is 1.00 e. The number of halogens is 3. The third-order valence-electron chi connectivity index (χ3n) is 0. The molecule has 0 aromatic rings. The Morgan fingerprint density at radius 1 is 1.14 bits per heavy atom. The van der Waals surface area contributed by atoms with Crippen LogP contribution < -0.4 is 0 Å². The summed E-state index contributed by atoms with van der Waals surface area (Å²) in [5.74, 6) is 0. The summed E-state index contributed by atoms with van der Waals surface area (Å²) in [6.45, 7) is 0. The van der Waals surface area contributed by atoms with Crippen molar-refractivity contribution in [2.45, 2.75) is 0 Å². The van der Waals surface area contributed by atoms with Gasteiger partial charge in [0.05, 0.1) is 0 Å². The first-order valence-electron chi connectivity index (χ1n) is 0.655. The monoisotopic (exact) mass is 268 g/mol. The molecule has 0 fully saturated rings. The van der Waals surface area contributed by atoms with E-state index < -0.39 is 15.5 Å². The van der Waals surface area contributed by atoms with Crippen LogP contribution in [-0.2, 0) is 17.4 Å². The molecule has 0 rings (SSSR count). The van der Waals surface area contributed by atoms with Gasteiger partial charge in [0.15, 0.2) is 0 Å². The maximum atomic E-state index is 9.81. The molecule has 0 spiro atoms. The molecule has 0 unspecified atom stereocenters. The Morgan fingerprint density at radius 2 is 1.14 bits per heavy atom. The average Bonchev–Trinajstić information content (AvgIpc) is 0.811. The van der Waals surface area contributed by atoms with E-state index in [-0.39, 0.29) is 106 Å². The molecule has 7 heteroatoms. The first kappa shape index (κ1) is 22.4. The van der Waals surface area contributed by atoms with Crippen molar-refractivity contribution in [2.24, 2.45) is 0 Å². The van der Waals surface area contributed by atoms with Crippen LogP contribution in [0.2, 0.25) is 0 Å². The average molecular weight is 268 g/mol. The van der Waals surface area contributed by atoms with Crippen molar-refractivity contribution in [3.63, 3.8) is 0 Å². The molecule has 0 aromatic heterocycles. The van der Waals surface area contributed by atoms with Gasteiger partial charge in [-0.2, -0.15) is 0 Å². The van der Waals surface area contributed by atoms with Crippen LogP contribution >= 0.6 is 0 Å². The van der Waals surface area contributed by atoms with E-state index in [1.54, 1.807) is 0 Å². The molecule has 0 aromatic carbocycles. The molecule has 7 heavy (non-hydrogen) atoms. The zero-order valence-corrected chi connectivity index (χ0v) is 11.6. The minimum absolute atomic E-state index is 0. The molecule has 0 saturated carbocycles. The zero-order valence-electron chi connectivity index (χ0n) is 7.53. The van der Waals surface area contributed by atoms with Crippen LogP contribution in [0.1, 0.15) is 5.71 Å². The van der Waals surface area contributed by atoms with Crippen molar-refractivity contribution in [1.82, 2.24) is 0 Å². The molecule has 0 amide bonds. The van der Waals surface area contributed by atoms with Gasteiger partial charge in [-0.15, -0.1) is 0 Å². The van der Waals surface area contributed by atoms with Gasteiger partial charge in [0.1, 0.15) is 0 Å². The van der Waals surface area contributed by atoms with Gasteiger partial charge >= 0.3 is 98.7 Å². The predicted octanol–water partition coefficient (Wildman–Crippen LogP) is 0.566. The number of hydrogen-bond acceptors (Lipinski definition) is 0. The van der Waals surface area contributed by atoms with Gasteiger partial charge in [-0.3, -0.25) is 0 Å². The Hall–Kier alpha value is 3.60. The van der Waals surface area contributed by atoms with Gasteiger partial charge in [-0.05, 0) is 0 Å². The van der Waals surface area contributed by atoms with Crippen LogP contribution in [0.15, 0.2) is 0 Å². The minimum Gasteiger partial charge on any atom is -1.00 e. The second-order valence-electron chi connectivity index (χ2n) is 0.247. The first-order valence-corrected chi connectivity index (χ1v) is 1.96. The molecule has 0 aliphatic heterocycles. The van der Waals surface area contributed by atoms with E-state index in [0.29, 0.717) is 0 Å². The summed E-state index contributed by atoms with van der Waals surface area (Å²) < 4.78 is 29.4. The van der Waals surface area contributed by atoms with E-state index in [0.717, 1.165) is 0 Å².